The number of imide groups is 1. The van der Waals surface area contributed by atoms with E-state index in [2.05, 4.69) is 4.90 Å². The molecule has 0 saturated carbocycles. The van der Waals surface area contributed by atoms with E-state index in [-0.39, 0.29) is 17.5 Å². The third-order valence-corrected chi connectivity index (χ3v) is 6.15. The highest BCUT2D eigenvalue weighted by Gasteiger charge is 2.35. The maximum Gasteiger partial charge on any atom is 0.293 e. The average Bonchev–Trinajstić information content (AvgIpc) is 3.07. The topological polar surface area (TPSA) is 102 Å². The molecule has 0 aliphatic carbocycles. The molecule has 0 bridgehead atoms. The van der Waals surface area contributed by atoms with Crippen molar-refractivity contribution in [3.05, 3.63) is 68.6 Å². The number of nitro benzene ring substituents is 1. The van der Waals surface area contributed by atoms with Crippen LogP contribution in [0.25, 0.3) is 6.08 Å². The second-order valence-electron chi connectivity index (χ2n) is 7.22. The van der Waals surface area contributed by atoms with Crippen LogP contribution in [0.15, 0.2) is 47.4 Å². The Morgan fingerprint density at radius 1 is 1.16 bits per heavy atom. The molecule has 4 rings (SSSR count). The van der Waals surface area contributed by atoms with E-state index in [4.69, 9.17) is 9.47 Å². The number of carbonyl (C=O) groups excluding carboxylic acids is 2. The number of carbonyl (C=O) groups is 2. The number of nitro groups is 1. The molecule has 166 valence electrons. The summed E-state index contributed by atoms with van der Waals surface area (Å²) in [6.07, 6.45) is 1.66. The molecule has 2 aliphatic rings. The van der Waals surface area contributed by atoms with Crippen LogP contribution in [-0.2, 0) is 16.1 Å². The second kappa shape index (κ2) is 9.41. The molecule has 0 N–H and O–H groups in total. The maximum absolute atomic E-state index is 12.9. The number of amides is 2. The summed E-state index contributed by atoms with van der Waals surface area (Å²) in [5.74, 6) is 0.203. The number of hydrogen-bond acceptors (Lipinski definition) is 8. The van der Waals surface area contributed by atoms with Gasteiger partial charge < -0.3 is 14.4 Å². The highest BCUT2D eigenvalue weighted by molar-refractivity contribution is 8.18. The predicted octanol–water partition coefficient (Wildman–Crippen LogP) is 3.68. The van der Waals surface area contributed by atoms with Crippen LogP contribution >= 0.6 is 11.8 Å². The monoisotopic (exact) mass is 455 g/mol. The molecule has 9 nitrogen and oxygen atoms in total. The van der Waals surface area contributed by atoms with Gasteiger partial charge in [-0.1, -0.05) is 12.1 Å². The van der Waals surface area contributed by atoms with Gasteiger partial charge in [0, 0.05) is 42.5 Å². The molecule has 2 aliphatic heterocycles. The molecule has 32 heavy (non-hydrogen) atoms. The van der Waals surface area contributed by atoms with Crippen molar-refractivity contribution in [2.45, 2.75) is 6.54 Å². The largest absolute Gasteiger partial charge is 0.496 e. The number of ether oxygens (including phenoxy) is 2. The molecule has 0 radical (unpaired) electrons. The second-order valence-corrected chi connectivity index (χ2v) is 8.21. The van der Waals surface area contributed by atoms with Crippen molar-refractivity contribution >= 4 is 40.4 Å². The molecule has 2 heterocycles. The lowest BCUT2D eigenvalue weighted by molar-refractivity contribution is -0.384. The molecule has 0 aromatic heterocycles. The average molecular weight is 455 g/mol. The summed E-state index contributed by atoms with van der Waals surface area (Å²) in [6, 6.07) is 11.5. The highest BCUT2D eigenvalue weighted by Crippen LogP contribution is 2.36. The molecule has 0 spiro atoms. The Morgan fingerprint density at radius 3 is 2.53 bits per heavy atom. The van der Waals surface area contributed by atoms with E-state index in [1.54, 1.807) is 25.3 Å². The van der Waals surface area contributed by atoms with E-state index in [1.165, 1.54) is 12.1 Å². The summed E-state index contributed by atoms with van der Waals surface area (Å²) in [5.41, 5.74) is 2.29. The van der Waals surface area contributed by atoms with Crippen molar-refractivity contribution in [2.75, 3.05) is 38.3 Å². The van der Waals surface area contributed by atoms with E-state index < -0.39 is 10.8 Å². The van der Waals surface area contributed by atoms with Crippen molar-refractivity contribution < 1.29 is 24.0 Å². The van der Waals surface area contributed by atoms with Crippen LogP contribution in [-0.4, -0.2) is 54.4 Å². The SMILES string of the molecule is COc1cc(N2CCOCC2)ccc1/C=C1\SC(=O)N(Cc2ccc([N+](=O)[O-])cc2)C1=O. The van der Waals surface area contributed by atoms with Gasteiger partial charge in [0.05, 0.1) is 36.7 Å². The molecule has 0 atom stereocenters. The smallest absolute Gasteiger partial charge is 0.293 e. The maximum atomic E-state index is 12.9. The van der Waals surface area contributed by atoms with Crippen LogP contribution in [0.5, 0.6) is 5.75 Å². The molecule has 2 saturated heterocycles. The molecule has 2 aromatic carbocycles. The number of nitrogens with zero attached hydrogens (tertiary/aromatic N) is 3. The zero-order valence-corrected chi connectivity index (χ0v) is 18.2. The summed E-state index contributed by atoms with van der Waals surface area (Å²) in [5, 5.41) is 10.4. The molecule has 2 aromatic rings. The number of non-ortho nitro benzene ring substituents is 1. The summed E-state index contributed by atoms with van der Waals surface area (Å²) in [6.45, 7) is 2.99. The van der Waals surface area contributed by atoms with Crippen LogP contribution < -0.4 is 9.64 Å². The minimum atomic E-state index is -0.496. The van der Waals surface area contributed by atoms with Crippen LogP contribution in [0, 0.1) is 10.1 Å². The first kappa shape index (κ1) is 21.8. The fourth-order valence-corrected chi connectivity index (χ4v) is 4.35. The van der Waals surface area contributed by atoms with E-state index in [9.17, 15) is 19.7 Å². The van der Waals surface area contributed by atoms with Gasteiger partial charge in [-0.15, -0.1) is 0 Å². The molecular weight excluding hydrogens is 434 g/mol. The van der Waals surface area contributed by atoms with Gasteiger partial charge in [-0.2, -0.15) is 0 Å². The van der Waals surface area contributed by atoms with Crippen molar-refractivity contribution in [1.82, 2.24) is 4.90 Å². The van der Waals surface area contributed by atoms with E-state index in [0.29, 0.717) is 35.0 Å². The van der Waals surface area contributed by atoms with Gasteiger partial charge in [0.1, 0.15) is 5.75 Å². The van der Waals surface area contributed by atoms with Gasteiger partial charge in [-0.05, 0) is 35.5 Å². The first-order valence-corrected chi connectivity index (χ1v) is 10.8. The van der Waals surface area contributed by atoms with Crippen molar-refractivity contribution in [2.24, 2.45) is 0 Å². The first-order chi connectivity index (χ1) is 15.5. The predicted molar refractivity (Wildman–Crippen MR) is 121 cm³/mol. The van der Waals surface area contributed by atoms with Crippen molar-refractivity contribution in [3.63, 3.8) is 0 Å². The van der Waals surface area contributed by atoms with Crippen molar-refractivity contribution in [3.8, 4) is 5.75 Å². The lowest BCUT2D eigenvalue weighted by atomic mass is 10.1. The minimum Gasteiger partial charge on any atom is -0.496 e. The Balaban J connectivity index is 1.52. The number of anilines is 1. The van der Waals surface area contributed by atoms with Gasteiger partial charge in [0.15, 0.2) is 0 Å². The van der Waals surface area contributed by atoms with Gasteiger partial charge in [-0.3, -0.25) is 24.6 Å². The normalized spacial score (nSPS) is 17.8. The van der Waals surface area contributed by atoms with Crippen LogP contribution in [0.1, 0.15) is 11.1 Å². The third kappa shape index (κ3) is 4.61. The third-order valence-electron chi connectivity index (χ3n) is 5.24. The van der Waals surface area contributed by atoms with Gasteiger partial charge in [0.25, 0.3) is 16.8 Å². The fourth-order valence-electron chi connectivity index (χ4n) is 3.52. The number of thioether (sulfide) groups is 1. The number of methoxy groups -OCH3 is 1. The summed E-state index contributed by atoms with van der Waals surface area (Å²) < 4.78 is 10.9. The zero-order valence-electron chi connectivity index (χ0n) is 17.4. The number of morpholine rings is 1. The Hall–Kier alpha value is -3.37. The standard InChI is InChI=1S/C22H21N3O6S/c1-30-19-13-18(23-8-10-31-11-9-23)7-4-16(19)12-20-21(26)24(22(27)32-20)14-15-2-5-17(6-3-15)25(28)29/h2-7,12-13H,8-11,14H2,1H3/b20-12-. The van der Waals surface area contributed by atoms with Crippen molar-refractivity contribution in [1.29, 1.82) is 0 Å². The lowest BCUT2D eigenvalue weighted by Gasteiger charge is -2.29. The molecular formula is C22H21N3O6S. The molecule has 2 fully saturated rings. The van der Waals surface area contributed by atoms with Gasteiger partial charge in [0.2, 0.25) is 0 Å². The Kier molecular flexibility index (Phi) is 6.42. The Bertz CT molecular complexity index is 1080. The van der Waals surface area contributed by atoms with E-state index in [0.717, 1.165) is 35.4 Å². The molecule has 10 heteroatoms. The van der Waals surface area contributed by atoms with Crippen LogP contribution in [0.2, 0.25) is 0 Å². The van der Waals surface area contributed by atoms with E-state index in [1.807, 2.05) is 18.2 Å². The number of benzene rings is 2. The van der Waals surface area contributed by atoms with Crippen LogP contribution in [0.3, 0.4) is 0 Å². The molecule has 0 unspecified atom stereocenters. The first-order valence-electron chi connectivity index (χ1n) is 9.95. The fraction of sp³-hybridized carbons (Fsp3) is 0.273. The minimum absolute atomic E-state index is 0.0459. The van der Waals surface area contributed by atoms with Gasteiger partial charge in [-0.25, -0.2) is 0 Å². The van der Waals surface area contributed by atoms with E-state index >= 15 is 0 Å². The Labute approximate surface area is 188 Å². The molecule has 2 amide bonds. The summed E-state index contributed by atoms with van der Waals surface area (Å²) >= 11 is 0.863. The summed E-state index contributed by atoms with van der Waals surface area (Å²) in [4.78, 5) is 39.2. The van der Waals surface area contributed by atoms with Gasteiger partial charge >= 0.3 is 0 Å². The Morgan fingerprint density at radius 2 is 1.88 bits per heavy atom. The number of hydrogen-bond donors (Lipinski definition) is 0. The summed E-state index contributed by atoms with van der Waals surface area (Å²) in [7, 11) is 1.57. The lowest BCUT2D eigenvalue weighted by Crippen LogP contribution is -2.36. The number of rotatable bonds is 6. The van der Waals surface area contributed by atoms with Crippen LogP contribution in [0.4, 0.5) is 16.2 Å². The zero-order chi connectivity index (χ0) is 22.7. The quantitative estimate of drug-likeness (QED) is 0.369. The highest BCUT2D eigenvalue weighted by atomic mass is 32.2.